The summed E-state index contributed by atoms with van der Waals surface area (Å²) in [4.78, 5) is 35.8. The van der Waals surface area contributed by atoms with E-state index in [0.29, 0.717) is 5.69 Å². The lowest BCUT2D eigenvalue weighted by molar-refractivity contribution is -0.111. The number of ether oxygens (including phenoxy) is 1. The zero-order valence-corrected chi connectivity index (χ0v) is 22.7. The zero-order chi connectivity index (χ0) is 28.3. The summed E-state index contributed by atoms with van der Waals surface area (Å²) in [5.41, 5.74) is 4.43. The number of cyclic esters (lactones) is 1. The lowest BCUT2D eigenvalue weighted by Crippen LogP contribution is -2.38. The number of hydrogen-bond acceptors (Lipinski definition) is 7. The van der Waals surface area contributed by atoms with E-state index in [-0.39, 0.29) is 42.3 Å². The van der Waals surface area contributed by atoms with Crippen LogP contribution in [0.15, 0.2) is 61.3 Å². The van der Waals surface area contributed by atoms with E-state index in [1.54, 1.807) is 0 Å². The van der Waals surface area contributed by atoms with Gasteiger partial charge in [0, 0.05) is 14.1 Å². The van der Waals surface area contributed by atoms with Crippen LogP contribution in [0.25, 0.3) is 11.1 Å². The molecule has 204 valence electrons. The molecule has 2 heterocycles. The van der Waals surface area contributed by atoms with Gasteiger partial charge >= 0.3 is 6.09 Å². The average Bonchev–Trinajstić information content (AvgIpc) is 3.31. The Kier molecular flexibility index (Phi) is 8.13. The van der Waals surface area contributed by atoms with E-state index < -0.39 is 11.9 Å². The zero-order valence-electron chi connectivity index (χ0n) is 22.7. The van der Waals surface area contributed by atoms with Crippen molar-refractivity contribution in [2.24, 2.45) is 5.92 Å². The molecule has 0 unspecified atom stereocenters. The quantitative estimate of drug-likeness (QED) is 0.345. The lowest BCUT2D eigenvalue weighted by Gasteiger charge is -2.24. The highest BCUT2D eigenvalue weighted by Gasteiger charge is 2.38. The van der Waals surface area contributed by atoms with Crippen molar-refractivity contribution in [1.29, 1.82) is 0 Å². The van der Waals surface area contributed by atoms with Gasteiger partial charge in [-0.25, -0.2) is 14.2 Å². The van der Waals surface area contributed by atoms with Gasteiger partial charge in [-0.15, -0.1) is 0 Å². The number of hydrogen-bond donors (Lipinski definition) is 2. The highest BCUT2D eigenvalue weighted by atomic mass is 19.1. The molecule has 3 aromatic rings. The topological polar surface area (TPSA) is 99.7 Å². The molecule has 0 radical (unpaired) electrons. The van der Waals surface area contributed by atoms with Crippen LogP contribution in [-0.2, 0) is 9.53 Å². The number of benzene rings is 2. The van der Waals surface area contributed by atoms with E-state index in [4.69, 9.17) is 4.74 Å². The number of nitrogens with zero attached hydrogens (tertiary/aromatic N) is 4. The third-order valence-electron chi connectivity index (χ3n) is 6.64. The summed E-state index contributed by atoms with van der Waals surface area (Å²) in [6.07, 6.45) is 1.68. The van der Waals surface area contributed by atoms with Crippen LogP contribution in [0.4, 0.5) is 32.3 Å². The number of anilines is 4. The number of carbonyl (C=O) groups is 2. The van der Waals surface area contributed by atoms with Gasteiger partial charge in [0.2, 0.25) is 11.9 Å². The highest BCUT2D eigenvalue weighted by Crippen LogP contribution is 2.32. The van der Waals surface area contributed by atoms with Gasteiger partial charge in [0.25, 0.3) is 0 Å². The van der Waals surface area contributed by atoms with E-state index in [9.17, 15) is 14.0 Å². The van der Waals surface area contributed by atoms with Crippen LogP contribution < -0.4 is 20.4 Å². The smallest absolute Gasteiger partial charge is 0.416 e. The monoisotopic (exact) mass is 532 g/mol. The predicted molar refractivity (Wildman–Crippen MR) is 152 cm³/mol. The molecule has 0 aliphatic carbocycles. The number of amides is 2. The Morgan fingerprint density at radius 1 is 1.18 bits per heavy atom. The van der Waals surface area contributed by atoms with Crippen molar-refractivity contribution in [2.75, 3.05) is 41.1 Å². The van der Waals surface area contributed by atoms with Crippen LogP contribution in [0, 0.1) is 11.7 Å². The van der Waals surface area contributed by atoms with E-state index in [2.05, 4.69) is 27.2 Å². The van der Waals surface area contributed by atoms with Crippen molar-refractivity contribution < 1.29 is 18.7 Å². The Morgan fingerprint density at radius 2 is 1.87 bits per heavy atom. The SMILES string of the molecule is C=CC(=O)Nc1cc(-c2ccc([C@H](C)Nc3ncc(F)c(N4C(=O)OC[C@@H]4C(C)C)n3)cc2)ccc1N(C)C. The minimum Gasteiger partial charge on any atom is -0.447 e. The van der Waals surface area contributed by atoms with Gasteiger partial charge in [-0.05, 0) is 47.7 Å². The third-order valence-corrected chi connectivity index (χ3v) is 6.64. The highest BCUT2D eigenvalue weighted by molar-refractivity contribution is 6.01. The van der Waals surface area contributed by atoms with Gasteiger partial charge in [-0.1, -0.05) is 50.8 Å². The normalized spacial score (nSPS) is 15.6. The molecule has 0 spiro atoms. The van der Waals surface area contributed by atoms with Crippen molar-refractivity contribution in [3.63, 3.8) is 0 Å². The molecule has 1 aliphatic rings. The first kappa shape index (κ1) is 27.6. The first-order valence-corrected chi connectivity index (χ1v) is 12.7. The molecule has 1 saturated heterocycles. The molecule has 1 fully saturated rings. The van der Waals surface area contributed by atoms with Crippen molar-refractivity contribution in [2.45, 2.75) is 32.9 Å². The fourth-order valence-corrected chi connectivity index (χ4v) is 4.40. The summed E-state index contributed by atoms with van der Waals surface area (Å²) in [6, 6.07) is 13.3. The lowest BCUT2D eigenvalue weighted by atomic mass is 10.0. The first-order valence-electron chi connectivity index (χ1n) is 12.7. The maximum atomic E-state index is 14.7. The predicted octanol–water partition coefficient (Wildman–Crippen LogP) is 5.63. The van der Waals surface area contributed by atoms with E-state index in [1.165, 1.54) is 11.0 Å². The molecule has 39 heavy (non-hydrogen) atoms. The van der Waals surface area contributed by atoms with Crippen molar-refractivity contribution in [1.82, 2.24) is 9.97 Å². The summed E-state index contributed by atoms with van der Waals surface area (Å²) in [5.74, 6) is -0.805. The minimum absolute atomic E-state index is 0.0630. The van der Waals surface area contributed by atoms with Crippen LogP contribution in [-0.4, -0.2) is 48.7 Å². The second-order valence-electron chi connectivity index (χ2n) is 9.93. The summed E-state index contributed by atoms with van der Waals surface area (Å²) in [7, 11) is 3.82. The fraction of sp³-hybridized carbons (Fsp3) is 0.310. The summed E-state index contributed by atoms with van der Waals surface area (Å²) < 4.78 is 19.8. The molecular formula is C29H33FN6O3. The Hall–Kier alpha value is -4.47. The second kappa shape index (κ2) is 11.5. The molecule has 10 heteroatoms. The van der Waals surface area contributed by atoms with Crippen LogP contribution >= 0.6 is 0 Å². The fourth-order valence-electron chi connectivity index (χ4n) is 4.40. The molecule has 0 bridgehead atoms. The molecule has 1 aromatic heterocycles. The molecule has 2 amide bonds. The van der Waals surface area contributed by atoms with Crippen LogP contribution in [0.3, 0.4) is 0 Å². The first-order chi connectivity index (χ1) is 18.6. The van der Waals surface area contributed by atoms with Gasteiger partial charge in [0.15, 0.2) is 11.6 Å². The molecule has 4 rings (SSSR count). The number of carbonyl (C=O) groups excluding carboxylic acids is 2. The van der Waals surface area contributed by atoms with Gasteiger partial charge in [0.1, 0.15) is 6.61 Å². The average molecular weight is 533 g/mol. The van der Waals surface area contributed by atoms with E-state index in [0.717, 1.165) is 28.6 Å². The van der Waals surface area contributed by atoms with Crippen molar-refractivity contribution in [3.05, 3.63) is 72.7 Å². The molecule has 0 saturated carbocycles. The minimum atomic E-state index is -0.689. The standard InChI is InChI=1S/C29H33FN6O3/c1-7-26(37)33-23-14-21(12-13-24(23)35(5)6)20-10-8-19(9-11-20)18(4)32-28-31-15-22(30)27(34-28)36-25(17(2)3)16-39-29(36)38/h7-15,17-18,25H,1,16H2,2-6H3,(H,33,37)(H,31,32,34)/t18-,25+/m0/s1. The number of nitrogens with one attached hydrogen (secondary N) is 2. The summed E-state index contributed by atoms with van der Waals surface area (Å²) >= 11 is 0. The Morgan fingerprint density at radius 3 is 2.51 bits per heavy atom. The third kappa shape index (κ3) is 6.00. The largest absolute Gasteiger partial charge is 0.447 e. The number of aromatic nitrogens is 2. The number of halogens is 1. The van der Waals surface area contributed by atoms with Gasteiger partial charge < -0.3 is 20.3 Å². The molecular weight excluding hydrogens is 499 g/mol. The van der Waals surface area contributed by atoms with Crippen molar-refractivity contribution in [3.8, 4) is 11.1 Å². The Labute approximate surface area is 227 Å². The molecule has 9 nitrogen and oxygen atoms in total. The van der Waals surface area contributed by atoms with Gasteiger partial charge in [-0.2, -0.15) is 4.98 Å². The van der Waals surface area contributed by atoms with Crippen LogP contribution in [0.2, 0.25) is 0 Å². The van der Waals surface area contributed by atoms with Crippen LogP contribution in [0.5, 0.6) is 0 Å². The van der Waals surface area contributed by atoms with Crippen molar-refractivity contribution >= 4 is 35.1 Å². The molecule has 2 N–H and O–H groups in total. The summed E-state index contributed by atoms with van der Waals surface area (Å²) in [6.45, 7) is 9.54. The van der Waals surface area contributed by atoms with Gasteiger partial charge in [0.05, 0.1) is 29.7 Å². The van der Waals surface area contributed by atoms with Crippen LogP contribution in [0.1, 0.15) is 32.4 Å². The Balaban J connectivity index is 1.53. The summed E-state index contributed by atoms with van der Waals surface area (Å²) in [5, 5.41) is 6.06. The molecule has 1 aliphatic heterocycles. The Bertz CT molecular complexity index is 1380. The van der Waals surface area contributed by atoms with Gasteiger partial charge in [-0.3, -0.25) is 9.69 Å². The van der Waals surface area contributed by atoms with E-state index in [1.807, 2.05) is 82.2 Å². The molecule has 2 atom stereocenters. The maximum Gasteiger partial charge on any atom is 0.416 e. The molecule has 2 aromatic carbocycles. The number of rotatable bonds is 9. The maximum absolute atomic E-state index is 14.7. The second-order valence-corrected chi connectivity index (χ2v) is 9.93. The van der Waals surface area contributed by atoms with E-state index >= 15 is 0 Å².